The lowest BCUT2D eigenvalue weighted by Gasteiger charge is -2.32. The minimum absolute atomic E-state index is 0.126. The fourth-order valence-corrected chi connectivity index (χ4v) is 3.67. The van der Waals surface area contributed by atoms with Gasteiger partial charge in [-0.1, -0.05) is 12.1 Å². The van der Waals surface area contributed by atoms with E-state index in [2.05, 4.69) is 22.8 Å². The van der Waals surface area contributed by atoms with Crippen molar-refractivity contribution in [3.63, 3.8) is 0 Å². The fourth-order valence-electron chi connectivity index (χ4n) is 3.67. The summed E-state index contributed by atoms with van der Waals surface area (Å²) in [6.07, 6.45) is 2.13. The van der Waals surface area contributed by atoms with Crippen molar-refractivity contribution in [1.29, 1.82) is 0 Å². The quantitative estimate of drug-likeness (QED) is 0.855. The van der Waals surface area contributed by atoms with Gasteiger partial charge >= 0.3 is 7.05 Å². The predicted molar refractivity (Wildman–Crippen MR) is 92.4 cm³/mol. The molecule has 6 heteroatoms. The summed E-state index contributed by atoms with van der Waals surface area (Å²) in [6.45, 7) is 6.19. The zero-order valence-electron chi connectivity index (χ0n) is 14.1. The molecule has 0 bridgehead atoms. The fraction of sp³-hybridized carbons (Fsp3) is 0.588. The topological polar surface area (TPSA) is 47.0 Å². The van der Waals surface area contributed by atoms with Crippen LogP contribution < -0.4 is 0 Å². The number of carbonyl (C=O) groups is 1. The van der Waals surface area contributed by atoms with Crippen LogP contribution in [-0.4, -0.2) is 72.4 Å². The van der Waals surface area contributed by atoms with Gasteiger partial charge in [0.05, 0.1) is 0 Å². The summed E-state index contributed by atoms with van der Waals surface area (Å²) < 4.78 is 0. The Bertz CT molecular complexity index is 559. The molecule has 0 radical (unpaired) electrons. The molecule has 2 aliphatic heterocycles. The molecule has 1 unspecified atom stereocenters. The van der Waals surface area contributed by atoms with E-state index in [4.69, 9.17) is 0 Å². The number of likely N-dealkylation sites (N-methyl/N-ethyl adjacent to an activating group) is 1. The molecule has 0 aromatic heterocycles. The van der Waals surface area contributed by atoms with E-state index in [0.29, 0.717) is 0 Å². The number of benzene rings is 1. The summed E-state index contributed by atoms with van der Waals surface area (Å²) in [5, 5.41) is 9.94. The van der Waals surface area contributed by atoms with Crippen LogP contribution in [0.25, 0.3) is 0 Å². The van der Waals surface area contributed by atoms with Crippen molar-refractivity contribution >= 4 is 13.0 Å². The third-order valence-corrected chi connectivity index (χ3v) is 5.08. The Morgan fingerprint density at radius 1 is 1.22 bits per heavy atom. The molecule has 1 atom stereocenters. The Hall–Kier alpha value is -1.37. The maximum atomic E-state index is 12.7. The Labute approximate surface area is 139 Å². The first kappa shape index (κ1) is 16.5. The van der Waals surface area contributed by atoms with Gasteiger partial charge in [0.25, 0.3) is 5.91 Å². The first-order valence-corrected chi connectivity index (χ1v) is 8.58. The SMILES string of the molecule is CB(O)N1CCCC1c1cccc(C(=O)N2CCN(C)CC2)c1. The lowest BCUT2D eigenvalue weighted by atomic mass is 9.83. The molecule has 2 heterocycles. The zero-order chi connectivity index (χ0) is 16.4. The monoisotopic (exact) mass is 315 g/mol. The molecule has 1 N–H and O–H groups in total. The van der Waals surface area contributed by atoms with Gasteiger partial charge in [-0.25, -0.2) is 0 Å². The van der Waals surface area contributed by atoms with Gasteiger partial charge in [0.15, 0.2) is 0 Å². The lowest BCUT2D eigenvalue weighted by Crippen LogP contribution is -2.47. The van der Waals surface area contributed by atoms with Crippen molar-refractivity contribution in [1.82, 2.24) is 14.6 Å². The van der Waals surface area contributed by atoms with Gasteiger partial charge in [0.2, 0.25) is 0 Å². The summed E-state index contributed by atoms with van der Waals surface area (Å²) >= 11 is 0. The molecular formula is C17H26BN3O2. The van der Waals surface area contributed by atoms with Crippen molar-refractivity contribution in [2.75, 3.05) is 39.8 Å². The van der Waals surface area contributed by atoms with Crippen LogP contribution in [0, 0.1) is 0 Å². The van der Waals surface area contributed by atoms with E-state index in [-0.39, 0.29) is 11.9 Å². The van der Waals surface area contributed by atoms with Gasteiger partial charge < -0.3 is 19.6 Å². The zero-order valence-corrected chi connectivity index (χ0v) is 14.1. The Kier molecular flexibility index (Phi) is 5.04. The molecule has 2 fully saturated rings. The molecule has 0 spiro atoms. The number of hydrogen-bond acceptors (Lipinski definition) is 4. The first-order valence-electron chi connectivity index (χ1n) is 8.58. The van der Waals surface area contributed by atoms with E-state index in [9.17, 15) is 9.82 Å². The summed E-state index contributed by atoms with van der Waals surface area (Å²) in [4.78, 5) is 19.0. The van der Waals surface area contributed by atoms with Crippen LogP contribution >= 0.6 is 0 Å². The van der Waals surface area contributed by atoms with Gasteiger partial charge in [-0.15, -0.1) is 0 Å². The van der Waals surface area contributed by atoms with Gasteiger partial charge in [-0.2, -0.15) is 0 Å². The number of amides is 1. The highest BCUT2D eigenvalue weighted by Crippen LogP contribution is 2.32. The van der Waals surface area contributed by atoms with E-state index in [1.54, 1.807) is 0 Å². The summed E-state index contributed by atoms with van der Waals surface area (Å²) in [6, 6.07) is 8.19. The molecule has 23 heavy (non-hydrogen) atoms. The van der Waals surface area contributed by atoms with Gasteiger partial charge in [-0.05, 0) is 51.0 Å². The van der Waals surface area contributed by atoms with Gasteiger partial charge in [0.1, 0.15) is 0 Å². The largest absolute Gasteiger partial charge is 0.437 e. The molecular weight excluding hydrogens is 289 g/mol. The van der Waals surface area contributed by atoms with Crippen LogP contribution in [0.2, 0.25) is 6.82 Å². The van der Waals surface area contributed by atoms with Crippen molar-refractivity contribution in [2.24, 2.45) is 0 Å². The van der Waals surface area contributed by atoms with Crippen molar-refractivity contribution in [3.8, 4) is 0 Å². The molecule has 0 aliphatic carbocycles. The number of carbonyl (C=O) groups excluding carboxylic acids is 1. The van der Waals surface area contributed by atoms with Gasteiger partial charge in [-0.3, -0.25) is 4.79 Å². The number of rotatable bonds is 3. The summed E-state index contributed by atoms with van der Waals surface area (Å²) in [7, 11) is 1.65. The second-order valence-corrected chi connectivity index (χ2v) is 6.75. The molecule has 124 valence electrons. The maximum absolute atomic E-state index is 12.7. The molecule has 0 saturated carbocycles. The highest BCUT2D eigenvalue weighted by molar-refractivity contribution is 6.45. The first-order chi connectivity index (χ1) is 11.1. The van der Waals surface area contributed by atoms with E-state index < -0.39 is 7.05 Å². The van der Waals surface area contributed by atoms with Crippen LogP contribution in [0.15, 0.2) is 24.3 Å². The third kappa shape index (κ3) is 3.60. The average Bonchev–Trinajstić information content (AvgIpc) is 3.05. The Balaban J connectivity index is 1.76. The molecule has 2 saturated heterocycles. The Morgan fingerprint density at radius 2 is 1.96 bits per heavy atom. The number of piperazine rings is 1. The molecule has 3 rings (SSSR count). The van der Waals surface area contributed by atoms with Crippen LogP contribution in [0.1, 0.15) is 34.8 Å². The highest BCUT2D eigenvalue weighted by atomic mass is 16.2. The Morgan fingerprint density at radius 3 is 2.65 bits per heavy atom. The van der Waals surface area contributed by atoms with Crippen molar-refractivity contribution in [2.45, 2.75) is 25.7 Å². The highest BCUT2D eigenvalue weighted by Gasteiger charge is 2.31. The maximum Gasteiger partial charge on any atom is 0.376 e. The average molecular weight is 315 g/mol. The molecule has 2 aliphatic rings. The van der Waals surface area contributed by atoms with E-state index in [1.165, 1.54) is 0 Å². The number of nitrogens with zero attached hydrogens (tertiary/aromatic N) is 3. The van der Waals surface area contributed by atoms with E-state index >= 15 is 0 Å². The second-order valence-electron chi connectivity index (χ2n) is 6.75. The van der Waals surface area contributed by atoms with Gasteiger partial charge in [0, 0.05) is 37.8 Å². The van der Waals surface area contributed by atoms with Crippen molar-refractivity contribution < 1.29 is 9.82 Å². The van der Waals surface area contributed by atoms with Crippen LogP contribution in [0.3, 0.4) is 0 Å². The molecule has 5 nitrogen and oxygen atoms in total. The van der Waals surface area contributed by atoms with Crippen LogP contribution in [0.5, 0.6) is 0 Å². The molecule has 1 aromatic carbocycles. The second kappa shape index (κ2) is 7.03. The standard InChI is InChI=1S/C17H26BN3O2/c1-18(23)21-8-4-7-16(21)14-5-3-6-15(13-14)17(22)20-11-9-19(2)10-12-20/h3,5-6,13,16,23H,4,7-12H2,1-2H3. The number of hydrogen-bond donors (Lipinski definition) is 1. The third-order valence-electron chi connectivity index (χ3n) is 5.08. The van der Waals surface area contributed by atoms with E-state index in [1.807, 2.05) is 29.9 Å². The molecule has 1 aromatic rings. The summed E-state index contributed by atoms with van der Waals surface area (Å²) in [5.74, 6) is 0.126. The van der Waals surface area contributed by atoms with Crippen LogP contribution in [0.4, 0.5) is 0 Å². The summed E-state index contributed by atoms with van der Waals surface area (Å²) in [5.41, 5.74) is 1.91. The van der Waals surface area contributed by atoms with Crippen LogP contribution in [-0.2, 0) is 0 Å². The minimum Gasteiger partial charge on any atom is -0.437 e. The molecule has 1 amide bonds. The van der Waals surface area contributed by atoms with E-state index in [0.717, 1.165) is 56.7 Å². The lowest BCUT2D eigenvalue weighted by molar-refractivity contribution is 0.0664. The predicted octanol–water partition coefficient (Wildman–Crippen LogP) is 1.32. The van der Waals surface area contributed by atoms with Crippen molar-refractivity contribution in [3.05, 3.63) is 35.4 Å². The smallest absolute Gasteiger partial charge is 0.376 e. The normalized spacial score (nSPS) is 23.3. The minimum atomic E-state index is -0.445.